The summed E-state index contributed by atoms with van der Waals surface area (Å²) in [7, 11) is 0. The fourth-order valence-corrected chi connectivity index (χ4v) is 3.45. The molecular weight excluding hydrogens is 356 g/mol. The standard InChI is InChI=1S/C21H20N4O3/c26-20(24-19-7-3-5-15-4-1-2-6-18(15)19)12-28-21(27)16-8-10-17(11-9-16)25-14-22-13-23-25/h1-2,4,6,8-11,13-14,19H,3,5,7,12H2,(H,24,26)/t19-/m1/s1. The molecule has 0 saturated heterocycles. The first-order valence-corrected chi connectivity index (χ1v) is 9.20. The highest BCUT2D eigenvalue weighted by Gasteiger charge is 2.21. The predicted octanol–water partition coefficient (Wildman–Crippen LogP) is 2.62. The van der Waals surface area contributed by atoms with Crippen LogP contribution >= 0.6 is 0 Å². The van der Waals surface area contributed by atoms with Crippen LogP contribution in [0.25, 0.3) is 5.69 Å². The van der Waals surface area contributed by atoms with Gasteiger partial charge < -0.3 is 10.1 Å². The number of carbonyl (C=O) groups is 2. The summed E-state index contributed by atoms with van der Waals surface area (Å²) in [5, 5.41) is 7.00. The second-order valence-corrected chi connectivity index (χ2v) is 6.67. The van der Waals surface area contributed by atoms with E-state index in [2.05, 4.69) is 21.5 Å². The summed E-state index contributed by atoms with van der Waals surface area (Å²) < 4.78 is 6.75. The summed E-state index contributed by atoms with van der Waals surface area (Å²) in [4.78, 5) is 28.3. The molecule has 1 heterocycles. The third-order valence-corrected chi connectivity index (χ3v) is 4.83. The summed E-state index contributed by atoms with van der Waals surface area (Å²) in [6.07, 6.45) is 5.95. The molecule has 0 aliphatic heterocycles. The third kappa shape index (κ3) is 3.93. The Kier molecular flexibility index (Phi) is 5.14. The van der Waals surface area contributed by atoms with Crippen molar-refractivity contribution in [3.05, 3.63) is 77.9 Å². The molecule has 142 valence electrons. The fourth-order valence-electron chi connectivity index (χ4n) is 3.45. The number of fused-ring (bicyclic) bond motifs is 1. The van der Waals surface area contributed by atoms with Gasteiger partial charge in [0.1, 0.15) is 12.7 Å². The molecule has 1 aliphatic rings. The van der Waals surface area contributed by atoms with Gasteiger partial charge >= 0.3 is 5.97 Å². The Hall–Kier alpha value is -3.48. The highest BCUT2D eigenvalue weighted by molar-refractivity contribution is 5.91. The maximum Gasteiger partial charge on any atom is 0.338 e. The zero-order valence-corrected chi connectivity index (χ0v) is 15.2. The molecule has 4 rings (SSSR count). The van der Waals surface area contributed by atoms with Crippen LogP contribution in [-0.2, 0) is 16.0 Å². The van der Waals surface area contributed by atoms with Crippen molar-refractivity contribution in [2.75, 3.05) is 6.61 Å². The normalized spacial score (nSPS) is 15.5. The second kappa shape index (κ2) is 8.04. The van der Waals surface area contributed by atoms with Gasteiger partial charge in [-0.3, -0.25) is 4.79 Å². The van der Waals surface area contributed by atoms with Crippen LogP contribution in [0.15, 0.2) is 61.2 Å². The Morgan fingerprint density at radius 2 is 1.96 bits per heavy atom. The van der Waals surface area contributed by atoms with E-state index < -0.39 is 5.97 Å². The van der Waals surface area contributed by atoms with Gasteiger partial charge in [0.15, 0.2) is 6.61 Å². The van der Waals surface area contributed by atoms with E-state index in [0.29, 0.717) is 5.56 Å². The van der Waals surface area contributed by atoms with Crippen LogP contribution in [0, 0.1) is 0 Å². The minimum absolute atomic E-state index is 0.0295. The molecule has 7 heteroatoms. The van der Waals surface area contributed by atoms with Crippen molar-refractivity contribution in [3.8, 4) is 5.69 Å². The molecule has 3 aromatic rings. The smallest absolute Gasteiger partial charge is 0.338 e. The number of ether oxygens (including phenoxy) is 1. The number of hydrogen-bond acceptors (Lipinski definition) is 5. The van der Waals surface area contributed by atoms with E-state index in [-0.39, 0.29) is 18.6 Å². The number of aryl methyl sites for hydroxylation is 1. The summed E-state index contributed by atoms with van der Waals surface area (Å²) in [5.41, 5.74) is 3.57. The number of hydrogen-bond donors (Lipinski definition) is 1. The molecule has 0 spiro atoms. The maximum absolute atomic E-state index is 12.3. The maximum atomic E-state index is 12.3. The van der Waals surface area contributed by atoms with Crippen molar-refractivity contribution >= 4 is 11.9 Å². The van der Waals surface area contributed by atoms with Crippen molar-refractivity contribution in [2.45, 2.75) is 25.3 Å². The van der Waals surface area contributed by atoms with Crippen LogP contribution in [0.4, 0.5) is 0 Å². The zero-order valence-electron chi connectivity index (χ0n) is 15.2. The van der Waals surface area contributed by atoms with Crippen LogP contribution in [0.2, 0.25) is 0 Å². The van der Waals surface area contributed by atoms with E-state index in [1.54, 1.807) is 35.3 Å². The van der Waals surface area contributed by atoms with Gasteiger partial charge in [0, 0.05) is 0 Å². The molecule has 7 nitrogen and oxygen atoms in total. The predicted molar refractivity (Wildman–Crippen MR) is 102 cm³/mol. The minimum Gasteiger partial charge on any atom is -0.452 e. The summed E-state index contributed by atoms with van der Waals surface area (Å²) >= 11 is 0. The average molecular weight is 376 g/mol. The number of aromatic nitrogens is 3. The number of carbonyl (C=O) groups excluding carboxylic acids is 2. The van der Waals surface area contributed by atoms with Crippen molar-refractivity contribution in [2.24, 2.45) is 0 Å². The Morgan fingerprint density at radius 1 is 1.14 bits per heavy atom. The SMILES string of the molecule is O=C(COC(=O)c1ccc(-n2cncn2)cc1)N[C@@H]1CCCc2ccccc21. The fraction of sp³-hybridized carbons (Fsp3) is 0.238. The summed E-state index contributed by atoms with van der Waals surface area (Å²) in [5.74, 6) is -0.835. The van der Waals surface area contributed by atoms with Crippen LogP contribution in [0.3, 0.4) is 0 Å². The molecule has 0 bridgehead atoms. The summed E-state index contributed by atoms with van der Waals surface area (Å²) in [6.45, 7) is -0.303. The summed E-state index contributed by atoms with van der Waals surface area (Å²) in [6, 6.07) is 14.8. The first-order chi connectivity index (χ1) is 13.7. The highest BCUT2D eigenvalue weighted by Crippen LogP contribution is 2.29. The first-order valence-electron chi connectivity index (χ1n) is 9.20. The van der Waals surface area contributed by atoms with Gasteiger partial charge in [0.2, 0.25) is 0 Å². The number of nitrogens with one attached hydrogen (secondary N) is 1. The first kappa shape index (κ1) is 17.9. The molecule has 1 atom stereocenters. The van der Waals surface area contributed by atoms with Gasteiger partial charge in [-0.05, 0) is 54.7 Å². The van der Waals surface area contributed by atoms with Gasteiger partial charge in [-0.15, -0.1) is 0 Å². The Balaban J connectivity index is 1.32. The monoisotopic (exact) mass is 376 g/mol. The Labute approximate surface area is 162 Å². The minimum atomic E-state index is -0.538. The van der Waals surface area contributed by atoms with E-state index in [1.807, 2.05) is 18.2 Å². The largest absolute Gasteiger partial charge is 0.452 e. The molecule has 0 saturated carbocycles. The quantitative estimate of drug-likeness (QED) is 0.692. The van der Waals surface area contributed by atoms with E-state index in [9.17, 15) is 9.59 Å². The molecule has 0 fully saturated rings. The van der Waals surface area contributed by atoms with E-state index in [1.165, 1.54) is 11.9 Å². The lowest BCUT2D eigenvalue weighted by Gasteiger charge is -2.26. The molecule has 1 aromatic heterocycles. The van der Waals surface area contributed by atoms with Crippen molar-refractivity contribution in [3.63, 3.8) is 0 Å². The molecule has 1 aliphatic carbocycles. The number of amides is 1. The van der Waals surface area contributed by atoms with Gasteiger partial charge in [0.05, 0.1) is 17.3 Å². The van der Waals surface area contributed by atoms with Crippen LogP contribution in [-0.4, -0.2) is 33.2 Å². The topological polar surface area (TPSA) is 86.1 Å². The lowest BCUT2D eigenvalue weighted by molar-refractivity contribution is -0.125. The van der Waals surface area contributed by atoms with Crippen LogP contribution in [0.5, 0.6) is 0 Å². The zero-order chi connectivity index (χ0) is 19.3. The molecule has 2 aromatic carbocycles. The molecule has 1 amide bonds. The van der Waals surface area contributed by atoms with E-state index >= 15 is 0 Å². The van der Waals surface area contributed by atoms with Crippen molar-refractivity contribution < 1.29 is 14.3 Å². The van der Waals surface area contributed by atoms with Gasteiger partial charge in [-0.25, -0.2) is 14.5 Å². The Morgan fingerprint density at radius 3 is 2.75 bits per heavy atom. The molecule has 1 N–H and O–H groups in total. The second-order valence-electron chi connectivity index (χ2n) is 6.67. The number of rotatable bonds is 5. The van der Waals surface area contributed by atoms with Gasteiger partial charge in [-0.2, -0.15) is 5.10 Å². The molecule has 0 radical (unpaired) electrons. The average Bonchev–Trinajstić information content (AvgIpc) is 3.27. The van der Waals surface area contributed by atoms with Crippen LogP contribution in [0.1, 0.15) is 40.4 Å². The third-order valence-electron chi connectivity index (χ3n) is 4.83. The molecule has 0 unspecified atom stereocenters. The molecular formula is C21H20N4O3. The highest BCUT2D eigenvalue weighted by atomic mass is 16.5. The van der Waals surface area contributed by atoms with E-state index in [0.717, 1.165) is 30.5 Å². The number of benzene rings is 2. The lowest BCUT2D eigenvalue weighted by Crippen LogP contribution is -2.34. The van der Waals surface area contributed by atoms with Crippen molar-refractivity contribution in [1.82, 2.24) is 20.1 Å². The van der Waals surface area contributed by atoms with E-state index in [4.69, 9.17) is 4.74 Å². The van der Waals surface area contributed by atoms with Gasteiger partial charge in [0.25, 0.3) is 5.91 Å². The Bertz CT molecular complexity index is 968. The van der Waals surface area contributed by atoms with Crippen molar-refractivity contribution in [1.29, 1.82) is 0 Å². The van der Waals surface area contributed by atoms with Gasteiger partial charge in [-0.1, -0.05) is 24.3 Å². The lowest BCUT2D eigenvalue weighted by atomic mass is 9.88. The molecule has 28 heavy (non-hydrogen) atoms. The van der Waals surface area contributed by atoms with Crippen LogP contribution < -0.4 is 5.32 Å². The number of nitrogens with zero attached hydrogens (tertiary/aromatic N) is 3. The number of esters is 1.